The molecule has 0 bridgehead atoms. The van der Waals surface area contributed by atoms with E-state index in [0.29, 0.717) is 0 Å². The second-order valence-electron chi connectivity index (χ2n) is 4.35. The van der Waals surface area contributed by atoms with Gasteiger partial charge in [-0.05, 0) is 11.1 Å². The standard InChI is InChI=1S/C15H10Br2O/c16-14-13(18)11-8-4-5-9-12(11)15(14,17)10-6-2-1-3-7-10/h1-9,14H. The van der Waals surface area contributed by atoms with Gasteiger partial charge in [-0.3, -0.25) is 4.79 Å². The van der Waals surface area contributed by atoms with Crippen LogP contribution >= 0.6 is 31.9 Å². The Hall–Kier alpha value is -0.930. The van der Waals surface area contributed by atoms with Gasteiger partial charge in [0.25, 0.3) is 0 Å². The van der Waals surface area contributed by atoms with Gasteiger partial charge in [0.2, 0.25) is 0 Å². The predicted molar refractivity (Wildman–Crippen MR) is 79.6 cm³/mol. The molecule has 1 aliphatic rings. The average molecular weight is 366 g/mol. The van der Waals surface area contributed by atoms with Crippen molar-refractivity contribution in [3.63, 3.8) is 0 Å². The predicted octanol–water partition coefficient (Wildman–Crippen LogP) is 4.28. The van der Waals surface area contributed by atoms with E-state index >= 15 is 0 Å². The van der Waals surface area contributed by atoms with E-state index in [1.54, 1.807) is 0 Å². The van der Waals surface area contributed by atoms with E-state index in [1.807, 2.05) is 54.6 Å². The fourth-order valence-electron chi connectivity index (χ4n) is 2.45. The van der Waals surface area contributed by atoms with E-state index < -0.39 is 4.32 Å². The minimum atomic E-state index is -0.470. The molecule has 0 N–H and O–H groups in total. The third-order valence-corrected chi connectivity index (χ3v) is 6.42. The first-order chi connectivity index (χ1) is 8.65. The zero-order valence-electron chi connectivity index (χ0n) is 9.44. The Bertz CT molecular complexity index is 609. The SMILES string of the molecule is O=C1c2ccccc2C(Br)(c2ccccc2)C1Br. The topological polar surface area (TPSA) is 17.1 Å². The summed E-state index contributed by atoms with van der Waals surface area (Å²) in [6.07, 6.45) is 0. The first kappa shape index (κ1) is 12.1. The number of carbonyl (C=O) groups excluding carboxylic acids is 1. The van der Waals surface area contributed by atoms with E-state index in [1.165, 1.54) is 0 Å². The van der Waals surface area contributed by atoms with Gasteiger partial charge in [0, 0.05) is 5.56 Å². The van der Waals surface area contributed by atoms with Crippen LogP contribution in [0.2, 0.25) is 0 Å². The lowest BCUT2D eigenvalue weighted by Crippen LogP contribution is -2.28. The first-order valence-corrected chi connectivity index (χ1v) is 7.39. The normalized spacial score (nSPS) is 26.1. The third kappa shape index (κ3) is 1.54. The highest BCUT2D eigenvalue weighted by atomic mass is 79.9. The molecule has 0 heterocycles. The maximum absolute atomic E-state index is 12.3. The van der Waals surface area contributed by atoms with Crippen LogP contribution in [-0.4, -0.2) is 10.6 Å². The summed E-state index contributed by atoms with van der Waals surface area (Å²) < 4.78 is -0.470. The van der Waals surface area contributed by atoms with Gasteiger partial charge in [0.05, 0.1) is 4.32 Å². The molecular formula is C15H10Br2O. The zero-order chi connectivity index (χ0) is 12.8. The van der Waals surface area contributed by atoms with Crippen molar-refractivity contribution in [1.82, 2.24) is 0 Å². The van der Waals surface area contributed by atoms with Gasteiger partial charge in [0.1, 0.15) is 4.83 Å². The highest BCUT2D eigenvalue weighted by molar-refractivity contribution is 9.12. The zero-order valence-corrected chi connectivity index (χ0v) is 12.6. The minimum absolute atomic E-state index is 0.131. The molecule has 3 rings (SSSR count). The molecule has 18 heavy (non-hydrogen) atoms. The molecule has 0 spiro atoms. The molecule has 0 saturated heterocycles. The summed E-state index contributed by atoms with van der Waals surface area (Å²) in [6, 6.07) is 17.8. The van der Waals surface area contributed by atoms with Crippen molar-refractivity contribution in [1.29, 1.82) is 0 Å². The number of hydrogen-bond donors (Lipinski definition) is 0. The van der Waals surface area contributed by atoms with E-state index in [-0.39, 0.29) is 10.6 Å². The Kier molecular flexibility index (Phi) is 2.91. The molecule has 3 heteroatoms. The lowest BCUT2D eigenvalue weighted by atomic mass is 9.93. The highest BCUT2D eigenvalue weighted by Gasteiger charge is 2.50. The summed E-state index contributed by atoms with van der Waals surface area (Å²) in [4.78, 5) is 12.0. The molecular weight excluding hydrogens is 356 g/mol. The van der Waals surface area contributed by atoms with Crippen molar-refractivity contribution in [2.45, 2.75) is 9.15 Å². The number of carbonyl (C=O) groups is 1. The largest absolute Gasteiger partial charge is 0.293 e. The summed E-state index contributed by atoms with van der Waals surface area (Å²) in [5.74, 6) is 0.131. The number of rotatable bonds is 1. The molecule has 0 saturated carbocycles. The lowest BCUT2D eigenvalue weighted by Gasteiger charge is -2.26. The monoisotopic (exact) mass is 364 g/mol. The van der Waals surface area contributed by atoms with Gasteiger partial charge >= 0.3 is 0 Å². The second-order valence-corrected chi connectivity index (χ2v) is 6.52. The Balaban J connectivity index is 2.27. The molecule has 2 unspecified atom stereocenters. The Morgan fingerprint density at radius 2 is 1.56 bits per heavy atom. The van der Waals surface area contributed by atoms with Gasteiger partial charge in [-0.1, -0.05) is 86.5 Å². The van der Waals surface area contributed by atoms with Crippen LogP contribution in [0, 0.1) is 0 Å². The van der Waals surface area contributed by atoms with Gasteiger partial charge in [-0.25, -0.2) is 0 Å². The number of hydrogen-bond acceptors (Lipinski definition) is 1. The minimum Gasteiger partial charge on any atom is -0.293 e. The van der Waals surface area contributed by atoms with E-state index in [9.17, 15) is 4.79 Å². The number of fused-ring (bicyclic) bond motifs is 1. The molecule has 0 amide bonds. The molecule has 0 radical (unpaired) electrons. The van der Waals surface area contributed by atoms with Crippen molar-refractivity contribution in [3.8, 4) is 0 Å². The van der Waals surface area contributed by atoms with Crippen molar-refractivity contribution in [2.75, 3.05) is 0 Å². The Morgan fingerprint density at radius 1 is 0.944 bits per heavy atom. The average Bonchev–Trinajstić information content (AvgIpc) is 2.64. The van der Waals surface area contributed by atoms with Crippen molar-refractivity contribution < 1.29 is 4.79 Å². The number of alkyl halides is 2. The summed E-state index contributed by atoms with van der Waals surface area (Å²) >= 11 is 7.34. The molecule has 2 aromatic rings. The van der Waals surface area contributed by atoms with Crippen molar-refractivity contribution >= 4 is 37.6 Å². The van der Waals surface area contributed by atoms with Crippen LogP contribution in [0.4, 0.5) is 0 Å². The van der Waals surface area contributed by atoms with Crippen LogP contribution in [0.5, 0.6) is 0 Å². The number of halogens is 2. The fraction of sp³-hybridized carbons (Fsp3) is 0.133. The molecule has 1 aliphatic carbocycles. The molecule has 1 nitrogen and oxygen atoms in total. The van der Waals surface area contributed by atoms with E-state index in [0.717, 1.165) is 16.7 Å². The lowest BCUT2D eigenvalue weighted by molar-refractivity contribution is 0.0997. The van der Waals surface area contributed by atoms with Crippen molar-refractivity contribution in [2.24, 2.45) is 0 Å². The number of benzene rings is 2. The van der Waals surface area contributed by atoms with Crippen LogP contribution < -0.4 is 0 Å². The highest BCUT2D eigenvalue weighted by Crippen LogP contribution is 2.51. The smallest absolute Gasteiger partial charge is 0.178 e. The number of ketones is 1. The van der Waals surface area contributed by atoms with E-state index in [2.05, 4.69) is 31.9 Å². The molecule has 90 valence electrons. The Labute approximate surface area is 122 Å². The summed E-state index contributed by atoms with van der Waals surface area (Å²) in [5.41, 5.74) is 2.91. The summed E-state index contributed by atoms with van der Waals surface area (Å²) in [7, 11) is 0. The second kappa shape index (κ2) is 4.32. The van der Waals surface area contributed by atoms with Gasteiger partial charge in [-0.15, -0.1) is 0 Å². The Morgan fingerprint density at radius 3 is 2.28 bits per heavy atom. The maximum atomic E-state index is 12.3. The van der Waals surface area contributed by atoms with Gasteiger partial charge in [-0.2, -0.15) is 0 Å². The molecule has 0 fully saturated rings. The van der Waals surface area contributed by atoms with Gasteiger partial charge < -0.3 is 0 Å². The fourth-order valence-corrected chi connectivity index (χ4v) is 4.03. The van der Waals surface area contributed by atoms with Gasteiger partial charge in [0.15, 0.2) is 5.78 Å². The number of Topliss-reactive ketones (excluding diaryl/α,β-unsaturated/α-hetero) is 1. The van der Waals surface area contributed by atoms with Crippen molar-refractivity contribution in [3.05, 3.63) is 71.3 Å². The quantitative estimate of drug-likeness (QED) is 0.689. The van der Waals surface area contributed by atoms with Crippen LogP contribution in [0.25, 0.3) is 0 Å². The van der Waals surface area contributed by atoms with Crippen LogP contribution in [0.1, 0.15) is 21.5 Å². The van der Waals surface area contributed by atoms with Crippen LogP contribution in [0.15, 0.2) is 54.6 Å². The molecule has 0 aliphatic heterocycles. The first-order valence-electron chi connectivity index (χ1n) is 5.68. The van der Waals surface area contributed by atoms with Crippen LogP contribution in [0.3, 0.4) is 0 Å². The summed E-state index contributed by atoms with van der Waals surface area (Å²) in [5, 5.41) is 0. The summed E-state index contributed by atoms with van der Waals surface area (Å²) in [6.45, 7) is 0. The molecule has 0 aromatic heterocycles. The maximum Gasteiger partial charge on any atom is 0.178 e. The molecule has 2 atom stereocenters. The third-order valence-electron chi connectivity index (χ3n) is 3.36. The molecule has 2 aromatic carbocycles. The van der Waals surface area contributed by atoms with E-state index in [4.69, 9.17) is 0 Å². The van der Waals surface area contributed by atoms with Crippen LogP contribution in [-0.2, 0) is 4.32 Å².